The number of ether oxygens (including phenoxy) is 1. The number of carbonyl (C=O) groups is 1. The van der Waals surface area contributed by atoms with Crippen LogP contribution in [0.2, 0.25) is 0 Å². The number of fused-ring (bicyclic) bond motifs is 1. The Balaban J connectivity index is 1.54. The van der Waals surface area contributed by atoms with E-state index < -0.39 is 0 Å². The molecule has 0 radical (unpaired) electrons. The number of hydrogen-bond acceptors (Lipinski definition) is 2. The second-order valence-electron chi connectivity index (χ2n) is 8.87. The number of rotatable bonds is 11. The van der Waals surface area contributed by atoms with E-state index in [2.05, 4.69) is 37.3 Å². The lowest BCUT2D eigenvalue weighted by Gasteiger charge is -2.22. The van der Waals surface area contributed by atoms with E-state index in [-0.39, 0.29) is 5.97 Å². The van der Waals surface area contributed by atoms with Crippen molar-refractivity contribution in [2.75, 3.05) is 0 Å². The number of benzene rings is 2. The van der Waals surface area contributed by atoms with Crippen molar-refractivity contribution in [2.45, 2.75) is 90.9 Å². The molecule has 0 fully saturated rings. The average molecular weight is 407 g/mol. The molecule has 0 saturated carbocycles. The Morgan fingerprint density at radius 1 is 0.933 bits per heavy atom. The van der Waals surface area contributed by atoms with Crippen LogP contribution in [-0.2, 0) is 4.79 Å². The number of unbranched alkanes of at least 4 members (excludes halogenated alkanes) is 5. The van der Waals surface area contributed by atoms with Crippen molar-refractivity contribution in [3.63, 3.8) is 0 Å². The molecule has 2 heteroatoms. The van der Waals surface area contributed by atoms with Crippen LogP contribution in [0, 0.1) is 5.92 Å². The van der Waals surface area contributed by atoms with Gasteiger partial charge in [0.1, 0.15) is 5.75 Å². The minimum Gasteiger partial charge on any atom is -0.427 e. The third-order valence-corrected chi connectivity index (χ3v) is 6.35. The molecule has 2 aromatic carbocycles. The largest absolute Gasteiger partial charge is 0.427 e. The zero-order valence-electron chi connectivity index (χ0n) is 18.9. The molecule has 3 rings (SSSR count). The Kier molecular flexibility index (Phi) is 8.99. The van der Waals surface area contributed by atoms with E-state index in [1.54, 1.807) is 0 Å². The maximum absolute atomic E-state index is 11.7. The fourth-order valence-corrected chi connectivity index (χ4v) is 4.50. The maximum Gasteiger partial charge on any atom is 0.311 e. The lowest BCUT2D eigenvalue weighted by molar-refractivity contribution is -0.134. The molecule has 1 aliphatic carbocycles. The highest BCUT2D eigenvalue weighted by Gasteiger charge is 2.15. The normalized spacial score (nSPS) is 16.5. The van der Waals surface area contributed by atoms with Gasteiger partial charge in [0.05, 0.1) is 0 Å². The number of allylic oxidation sites excluding steroid dienone is 2. The first-order valence-electron chi connectivity index (χ1n) is 12.1. The van der Waals surface area contributed by atoms with E-state index in [1.165, 1.54) is 80.7 Å². The standard InChI is InChI=1S/C28H38O2/c1-3-5-6-7-8-9-11-22-12-14-23(15-13-22)24-16-17-26-21-27(19-18-25(26)20-24)30-28(29)10-4-2/h14,16-22H,3-13,15H2,1-2H3. The smallest absolute Gasteiger partial charge is 0.311 e. The summed E-state index contributed by atoms with van der Waals surface area (Å²) in [6, 6.07) is 12.6. The van der Waals surface area contributed by atoms with Crippen LogP contribution in [0.4, 0.5) is 0 Å². The molecule has 2 nitrogen and oxygen atoms in total. The third kappa shape index (κ3) is 6.72. The molecule has 0 aliphatic heterocycles. The monoisotopic (exact) mass is 406 g/mol. The van der Waals surface area contributed by atoms with Gasteiger partial charge < -0.3 is 4.74 Å². The minimum atomic E-state index is -0.156. The highest BCUT2D eigenvalue weighted by molar-refractivity contribution is 5.88. The van der Waals surface area contributed by atoms with Crippen LogP contribution < -0.4 is 4.74 Å². The zero-order chi connectivity index (χ0) is 21.2. The predicted octanol–water partition coefficient (Wildman–Crippen LogP) is 8.48. The summed E-state index contributed by atoms with van der Waals surface area (Å²) >= 11 is 0. The lowest BCUT2D eigenvalue weighted by atomic mass is 9.83. The molecular weight excluding hydrogens is 368 g/mol. The van der Waals surface area contributed by atoms with Gasteiger partial charge in [0.25, 0.3) is 0 Å². The van der Waals surface area contributed by atoms with Crippen molar-refractivity contribution >= 4 is 22.3 Å². The maximum atomic E-state index is 11.7. The molecule has 0 heterocycles. The van der Waals surface area contributed by atoms with Gasteiger partial charge in [-0.05, 0) is 71.7 Å². The SMILES string of the molecule is CCCCCCCCC1CC=C(c2ccc3cc(OC(=O)CCC)ccc3c2)CC1. The Morgan fingerprint density at radius 2 is 1.70 bits per heavy atom. The van der Waals surface area contributed by atoms with Crippen LogP contribution in [0.3, 0.4) is 0 Å². The molecule has 0 aromatic heterocycles. The summed E-state index contributed by atoms with van der Waals surface area (Å²) in [5.41, 5.74) is 2.84. The quantitative estimate of drug-likeness (QED) is 0.212. The summed E-state index contributed by atoms with van der Waals surface area (Å²) in [6.07, 6.45) is 17.3. The number of carbonyl (C=O) groups excluding carboxylic acids is 1. The third-order valence-electron chi connectivity index (χ3n) is 6.35. The first kappa shape index (κ1) is 22.6. The first-order chi connectivity index (χ1) is 14.7. The molecule has 162 valence electrons. The summed E-state index contributed by atoms with van der Waals surface area (Å²) in [4.78, 5) is 11.7. The molecular formula is C28H38O2. The average Bonchev–Trinajstić information content (AvgIpc) is 2.76. The van der Waals surface area contributed by atoms with Crippen molar-refractivity contribution in [2.24, 2.45) is 5.92 Å². The Labute approximate surface area is 182 Å². The van der Waals surface area contributed by atoms with Crippen LogP contribution in [-0.4, -0.2) is 5.97 Å². The van der Waals surface area contributed by atoms with Gasteiger partial charge in [-0.1, -0.05) is 83.1 Å². The Hall–Kier alpha value is -2.09. The molecule has 0 amide bonds. The molecule has 1 atom stereocenters. The van der Waals surface area contributed by atoms with E-state index >= 15 is 0 Å². The molecule has 1 aliphatic rings. The van der Waals surface area contributed by atoms with E-state index in [1.807, 2.05) is 19.1 Å². The van der Waals surface area contributed by atoms with Gasteiger partial charge in [-0.2, -0.15) is 0 Å². The highest BCUT2D eigenvalue weighted by atomic mass is 16.5. The summed E-state index contributed by atoms with van der Waals surface area (Å²) in [5.74, 6) is 1.36. The topological polar surface area (TPSA) is 26.3 Å². The number of esters is 1. The molecule has 0 N–H and O–H groups in total. The minimum absolute atomic E-state index is 0.156. The van der Waals surface area contributed by atoms with Gasteiger partial charge in [-0.15, -0.1) is 0 Å². The van der Waals surface area contributed by atoms with Crippen LogP contribution in [0.5, 0.6) is 5.75 Å². The Bertz CT molecular complexity index is 849. The van der Waals surface area contributed by atoms with Gasteiger partial charge in [0.15, 0.2) is 0 Å². The van der Waals surface area contributed by atoms with Crippen LogP contribution in [0.25, 0.3) is 16.3 Å². The van der Waals surface area contributed by atoms with Crippen molar-refractivity contribution < 1.29 is 9.53 Å². The molecule has 30 heavy (non-hydrogen) atoms. The highest BCUT2D eigenvalue weighted by Crippen LogP contribution is 2.34. The molecule has 1 unspecified atom stereocenters. The fourth-order valence-electron chi connectivity index (χ4n) is 4.50. The zero-order valence-corrected chi connectivity index (χ0v) is 18.9. The van der Waals surface area contributed by atoms with E-state index in [4.69, 9.17) is 4.74 Å². The molecule has 0 saturated heterocycles. The molecule has 0 spiro atoms. The number of hydrogen-bond donors (Lipinski definition) is 0. The van der Waals surface area contributed by atoms with Crippen molar-refractivity contribution in [1.82, 2.24) is 0 Å². The van der Waals surface area contributed by atoms with E-state index in [0.717, 1.165) is 17.7 Å². The Morgan fingerprint density at radius 3 is 2.47 bits per heavy atom. The van der Waals surface area contributed by atoms with Gasteiger partial charge in [0.2, 0.25) is 0 Å². The van der Waals surface area contributed by atoms with Gasteiger partial charge in [0, 0.05) is 6.42 Å². The summed E-state index contributed by atoms with van der Waals surface area (Å²) in [7, 11) is 0. The second-order valence-corrected chi connectivity index (χ2v) is 8.87. The van der Waals surface area contributed by atoms with Gasteiger partial charge in [-0.25, -0.2) is 0 Å². The lowest BCUT2D eigenvalue weighted by Crippen LogP contribution is -2.06. The van der Waals surface area contributed by atoms with Crippen molar-refractivity contribution in [3.05, 3.63) is 48.0 Å². The van der Waals surface area contributed by atoms with Crippen LogP contribution >= 0.6 is 0 Å². The summed E-state index contributed by atoms with van der Waals surface area (Å²) < 4.78 is 5.43. The van der Waals surface area contributed by atoms with Crippen molar-refractivity contribution in [1.29, 1.82) is 0 Å². The van der Waals surface area contributed by atoms with Crippen LogP contribution in [0.15, 0.2) is 42.5 Å². The second kappa shape index (κ2) is 11.9. The fraction of sp³-hybridized carbons (Fsp3) is 0.536. The molecule has 0 bridgehead atoms. The van der Waals surface area contributed by atoms with Gasteiger partial charge >= 0.3 is 5.97 Å². The summed E-state index contributed by atoms with van der Waals surface area (Å²) in [5, 5.41) is 2.33. The van der Waals surface area contributed by atoms with Crippen LogP contribution in [0.1, 0.15) is 96.5 Å². The van der Waals surface area contributed by atoms with Crippen molar-refractivity contribution in [3.8, 4) is 5.75 Å². The van der Waals surface area contributed by atoms with E-state index in [0.29, 0.717) is 12.2 Å². The summed E-state index contributed by atoms with van der Waals surface area (Å²) in [6.45, 7) is 4.27. The van der Waals surface area contributed by atoms with E-state index in [9.17, 15) is 4.79 Å². The molecule has 2 aromatic rings. The first-order valence-corrected chi connectivity index (χ1v) is 12.1. The van der Waals surface area contributed by atoms with Gasteiger partial charge in [-0.3, -0.25) is 4.79 Å². The predicted molar refractivity (Wildman–Crippen MR) is 128 cm³/mol.